The maximum Gasteiger partial charge on any atom is 0.329 e. The van der Waals surface area contributed by atoms with E-state index in [4.69, 9.17) is 19.7 Å². The molecule has 3 aromatic rings. The third-order valence-electron chi connectivity index (χ3n) is 6.63. The monoisotopic (exact) mass is 466 g/mol. The second-order valence-corrected chi connectivity index (χ2v) is 9.03. The van der Waals surface area contributed by atoms with Crippen molar-refractivity contribution < 1.29 is 23.8 Å². The third kappa shape index (κ3) is 5.65. The molecule has 34 heavy (non-hydrogen) atoms. The van der Waals surface area contributed by atoms with Gasteiger partial charge in [-0.15, -0.1) is 0 Å². The summed E-state index contributed by atoms with van der Waals surface area (Å²) in [7, 11) is 1.53. The number of aliphatic carboxylic acids is 1. The molecule has 4 rings (SSSR count). The van der Waals surface area contributed by atoms with Gasteiger partial charge >= 0.3 is 5.97 Å². The van der Waals surface area contributed by atoms with Crippen molar-refractivity contribution in [2.45, 2.75) is 39.2 Å². The van der Waals surface area contributed by atoms with Gasteiger partial charge in [0.25, 0.3) is 0 Å². The molecule has 2 aromatic carbocycles. The molecule has 1 aliphatic carbocycles. The van der Waals surface area contributed by atoms with Crippen LogP contribution in [-0.4, -0.2) is 41.2 Å². The summed E-state index contributed by atoms with van der Waals surface area (Å²) in [4.78, 5) is 10.7. The zero-order valence-electron chi connectivity index (χ0n) is 19.7. The summed E-state index contributed by atoms with van der Waals surface area (Å²) < 4.78 is 27.0. The molecule has 7 heteroatoms. The molecule has 0 spiro atoms. The number of methoxy groups -OCH3 is 1. The van der Waals surface area contributed by atoms with Gasteiger partial charge in [-0.05, 0) is 62.1 Å². The first kappa shape index (κ1) is 24.0. The molecule has 1 heterocycles. The fourth-order valence-electron chi connectivity index (χ4n) is 4.83. The summed E-state index contributed by atoms with van der Waals surface area (Å²) in [5.41, 5.74) is 4.54. The Hall–Kier alpha value is -3.19. The van der Waals surface area contributed by atoms with E-state index in [1.165, 1.54) is 19.2 Å². The maximum atomic E-state index is 14.3. The molecule has 0 aliphatic heterocycles. The third-order valence-corrected chi connectivity index (χ3v) is 6.63. The van der Waals surface area contributed by atoms with Gasteiger partial charge in [-0.2, -0.15) is 5.10 Å². The Morgan fingerprint density at radius 3 is 2.47 bits per heavy atom. The van der Waals surface area contributed by atoms with Crippen LogP contribution in [0.4, 0.5) is 4.39 Å². The number of carbonyl (C=O) groups is 1. The Balaban J connectivity index is 1.56. The van der Waals surface area contributed by atoms with Gasteiger partial charge < -0.3 is 14.6 Å². The average Bonchev–Trinajstić information content (AvgIpc) is 3.16. The topological polar surface area (TPSA) is 73.6 Å². The van der Waals surface area contributed by atoms with Gasteiger partial charge in [0.1, 0.15) is 23.9 Å². The van der Waals surface area contributed by atoms with Gasteiger partial charge in [0, 0.05) is 29.4 Å². The molecule has 1 N–H and O–H groups in total. The normalized spacial score (nSPS) is 18.1. The van der Waals surface area contributed by atoms with E-state index in [1.54, 1.807) is 0 Å². The van der Waals surface area contributed by atoms with Gasteiger partial charge in [0.15, 0.2) is 0 Å². The molecule has 180 valence electrons. The molecule has 0 unspecified atom stereocenters. The van der Waals surface area contributed by atoms with Crippen LogP contribution in [0.25, 0.3) is 22.4 Å². The second-order valence-electron chi connectivity index (χ2n) is 9.03. The minimum absolute atomic E-state index is 0.234. The largest absolute Gasteiger partial charge is 0.497 e. The maximum absolute atomic E-state index is 14.3. The first-order valence-corrected chi connectivity index (χ1v) is 11.7. The van der Waals surface area contributed by atoms with Crippen molar-refractivity contribution in [3.05, 3.63) is 60.0 Å². The van der Waals surface area contributed by atoms with E-state index in [1.807, 2.05) is 24.3 Å². The predicted octanol–water partition coefficient (Wildman–Crippen LogP) is 5.58. The number of halogens is 1. The zero-order valence-corrected chi connectivity index (χ0v) is 19.7. The molecular formula is C27H31FN2O4. The number of nitrogens with zero attached hydrogens (tertiary/aromatic N) is 2. The molecule has 6 nitrogen and oxygen atoms in total. The highest BCUT2D eigenvalue weighted by atomic mass is 19.1. The molecular weight excluding hydrogens is 435 g/mol. The van der Waals surface area contributed by atoms with Crippen LogP contribution in [-0.2, 0) is 16.1 Å². The summed E-state index contributed by atoms with van der Waals surface area (Å²) >= 11 is 0. The highest BCUT2D eigenvalue weighted by Gasteiger charge is 2.25. The summed E-state index contributed by atoms with van der Waals surface area (Å²) in [6.45, 7) is 3.13. The molecule has 1 aliphatic rings. The lowest BCUT2D eigenvalue weighted by Gasteiger charge is -2.28. The molecule has 0 bridgehead atoms. The SMILES string of the molecule is COc1cc(F)cc(-c2nn(C[C@H]3CC[C@@H](COCC(=O)O)CC3)c(C)c2-c2ccccc2)c1. The van der Waals surface area contributed by atoms with Gasteiger partial charge in [-0.3, -0.25) is 4.68 Å². The number of hydrogen-bond acceptors (Lipinski definition) is 4. The Morgan fingerprint density at radius 1 is 1.09 bits per heavy atom. The summed E-state index contributed by atoms with van der Waals surface area (Å²) in [6, 6.07) is 14.8. The minimum Gasteiger partial charge on any atom is -0.497 e. The van der Waals surface area contributed by atoms with Crippen molar-refractivity contribution in [1.82, 2.24) is 9.78 Å². The number of hydrogen-bond donors (Lipinski definition) is 1. The lowest BCUT2D eigenvalue weighted by molar-refractivity contribution is -0.142. The highest BCUT2D eigenvalue weighted by Crippen LogP contribution is 2.37. The average molecular weight is 467 g/mol. The fourth-order valence-corrected chi connectivity index (χ4v) is 4.83. The van der Waals surface area contributed by atoms with E-state index in [2.05, 4.69) is 23.7 Å². The van der Waals surface area contributed by atoms with Gasteiger partial charge in [0.05, 0.1) is 13.7 Å². The van der Waals surface area contributed by atoms with Crippen molar-refractivity contribution in [3.8, 4) is 28.1 Å². The number of aromatic nitrogens is 2. The van der Waals surface area contributed by atoms with Crippen LogP contribution >= 0.6 is 0 Å². The van der Waals surface area contributed by atoms with Crippen molar-refractivity contribution in [1.29, 1.82) is 0 Å². The van der Waals surface area contributed by atoms with Crippen LogP contribution in [0.15, 0.2) is 48.5 Å². The molecule has 0 amide bonds. The van der Waals surface area contributed by atoms with Crippen LogP contribution in [0.3, 0.4) is 0 Å². The predicted molar refractivity (Wildman–Crippen MR) is 128 cm³/mol. The van der Waals surface area contributed by atoms with E-state index in [9.17, 15) is 9.18 Å². The molecule has 1 aromatic heterocycles. The first-order valence-electron chi connectivity index (χ1n) is 11.7. The van der Waals surface area contributed by atoms with Crippen molar-refractivity contribution in [3.63, 3.8) is 0 Å². The van der Waals surface area contributed by atoms with Crippen LogP contribution < -0.4 is 4.74 Å². The molecule has 1 saturated carbocycles. The van der Waals surface area contributed by atoms with E-state index in [0.29, 0.717) is 29.8 Å². The molecule has 0 radical (unpaired) electrons. The number of rotatable bonds is 9. The summed E-state index contributed by atoms with van der Waals surface area (Å²) in [6.07, 6.45) is 4.13. The second kappa shape index (κ2) is 10.8. The Labute approximate surface area is 199 Å². The van der Waals surface area contributed by atoms with Crippen molar-refractivity contribution in [2.24, 2.45) is 11.8 Å². The van der Waals surface area contributed by atoms with Gasteiger partial charge in [-0.25, -0.2) is 9.18 Å². The van der Waals surface area contributed by atoms with E-state index in [0.717, 1.165) is 54.7 Å². The quantitative estimate of drug-likeness (QED) is 0.446. The number of carboxylic acid groups (broad SMARTS) is 1. The van der Waals surface area contributed by atoms with Crippen molar-refractivity contribution in [2.75, 3.05) is 20.3 Å². The number of benzene rings is 2. The standard InChI is InChI=1S/C27H31FN2O4/c1-18-26(21-6-4-3-5-7-21)27(22-12-23(28)14-24(13-22)33-2)29-30(18)15-19-8-10-20(11-9-19)16-34-17-25(31)32/h3-7,12-14,19-20H,8-11,15-17H2,1-2H3,(H,31,32)/t19-,20+. The lowest BCUT2D eigenvalue weighted by atomic mass is 9.82. The molecule has 0 saturated heterocycles. The fraction of sp³-hybridized carbons (Fsp3) is 0.407. The Morgan fingerprint density at radius 2 is 1.79 bits per heavy atom. The number of carboxylic acids is 1. The van der Waals surface area contributed by atoms with Crippen molar-refractivity contribution >= 4 is 5.97 Å². The zero-order chi connectivity index (χ0) is 24.1. The minimum atomic E-state index is -0.927. The molecule has 1 fully saturated rings. The van der Waals surface area contributed by atoms with E-state index < -0.39 is 5.97 Å². The van der Waals surface area contributed by atoms with Gasteiger partial charge in [0.2, 0.25) is 0 Å². The summed E-state index contributed by atoms with van der Waals surface area (Å²) in [5.74, 6) is 0.0646. The van der Waals surface area contributed by atoms with Crippen LogP contribution in [0.2, 0.25) is 0 Å². The van der Waals surface area contributed by atoms with Crippen LogP contribution in [0.1, 0.15) is 31.4 Å². The number of ether oxygens (including phenoxy) is 2. The highest BCUT2D eigenvalue weighted by molar-refractivity contribution is 5.83. The van der Waals surface area contributed by atoms with E-state index in [-0.39, 0.29) is 12.4 Å². The molecule has 0 atom stereocenters. The smallest absolute Gasteiger partial charge is 0.329 e. The van der Waals surface area contributed by atoms with Crippen LogP contribution in [0.5, 0.6) is 5.75 Å². The Bertz CT molecular complexity index is 1120. The van der Waals surface area contributed by atoms with Gasteiger partial charge in [-0.1, -0.05) is 30.3 Å². The first-order chi connectivity index (χ1) is 16.4. The lowest BCUT2D eigenvalue weighted by Crippen LogP contribution is -2.23. The Kier molecular flexibility index (Phi) is 7.63. The van der Waals surface area contributed by atoms with Crippen LogP contribution in [0, 0.1) is 24.6 Å². The van der Waals surface area contributed by atoms with E-state index >= 15 is 0 Å². The summed E-state index contributed by atoms with van der Waals surface area (Å²) in [5, 5.41) is 13.7.